The highest BCUT2D eigenvalue weighted by molar-refractivity contribution is 5.98. The van der Waals surface area contributed by atoms with E-state index in [2.05, 4.69) is 4.90 Å². The molecule has 0 bridgehead atoms. The fraction of sp³-hybridized carbons (Fsp3) is 0.867. The summed E-state index contributed by atoms with van der Waals surface area (Å²) >= 11 is 0. The van der Waals surface area contributed by atoms with Crippen LogP contribution < -0.4 is 0 Å². The molecular weight excluding hydrogens is 240 g/mol. The van der Waals surface area contributed by atoms with Crippen LogP contribution in [0, 0.1) is 5.41 Å². The number of rotatable bonds is 4. The van der Waals surface area contributed by atoms with E-state index >= 15 is 0 Å². The van der Waals surface area contributed by atoms with Crippen LogP contribution in [-0.4, -0.2) is 48.8 Å². The average Bonchev–Trinajstić information content (AvgIpc) is 2.33. The van der Waals surface area contributed by atoms with Gasteiger partial charge in [0.1, 0.15) is 0 Å². The Morgan fingerprint density at radius 3 is 2.16 bits per heavy atom. The number of nitrogens with zero attached hydrogens (tertiary/aromatic N) is 2. The highest BCUT2D eigenvalue weighted by Gasteiger charge is 2.43. The van der Waals surface area contributed by atoms with Crippen LogP contribution in [0.25, 0.3) is 0 Å². The van der Waals surface area contributed by atoms with Gasteiger partial charge in [-0.3, -0.25) is 14.5 Å². The predicted octanol–water partition coefficient (Wildman–Crippen LogP) is 2.04. The van der Waals surface area contributed by atoms with Gasteiger partial charge in [0.25, 0.3) is 0 Å². The topological polar surface area (TPSA) is 40.6 Å². The zero-order chi connectivity index (χ0) is 13.9. The molecule has 1 saturated heterocycles. The van der Waals surface area contributed by atoms with Gasteiger partial charge < -0.3 is 4.90 Å². The van der Waals surface area contributed by atoms with Crippen molar-refractivity contribution in [2.75, 3.05) is 27.2 Å². The van der Waals surface area contributed by atoms with Gasteiger partial charge in [-0.1, -0.05) is 19.3 Å². The third-order valence-corrected chi connectivity index (χ3v) is 4.56. The maximum atomic E-state index is 12.2. The molecule has 1 spiro atoms. The van der Waals surface area contributed by atoms with Gasteiger partial charge in [-0.2, -0.15) is 0 Å². The van der Waals surface area contributed by atoms with Crippen LogP contribution in [0.1, 0.15) is 51.4 Å². The minimum Gasteiger partial charge on any atom is -0.309 e. The van der Waals surface area contributed by atoms with Crippen LogP contribution in [0.3, 0.4) is 0 Å². The third kappa shape index (κ3) is 3.56. The predicted molar refractivity (Wildman–Crippen MR) is 74.6 cm³/mol. The molecule has 4 nitrogen and oxygen atoms in total. The molecular formula is C15H26N2O2. The van der Waals surface area contributed by atoms with Crippen molar-refractivity contribution in [2.24, 2.45) is 5.41 Å². The molecule has 0 radical (unpaired) electrons. The van der Waals surface area contributed by atoms with E-state index in [-0.39, 0.29) is 17.2 Å². The summed E-state index contributed by atoms with van der Waals surface area (Å²) in [6.07, 6.45) is 7.82. The number of carbonyl (C=O) groups excluding carboxylic acids is 2. The highest BCUT2D eigenvalue weighted by atomic mass is 16.2. The summed E-state index contributed by atoms with van der Waals surface area (Å²) in [5.74, 6) is 0.133. The summed E-state index contributed by atoms with van der Waals surface area (Å²) in [6.45, 7) is 1.51. The molecule has 1 aliphatic carbocycles. The summed E-state index contributed by atoms with van der Waals surface area (Å²) in [6, 6.07) is 0. The number of hydrogen-bond acceptors (Lipinski definition) is 3. The molecule has 0 aromatic heterocycles. The maximum Gasteiger partial charge on any atom is 0.229 e. The molecule has 19 heavy (non-hydrogen) atoms. The van der Waals surface area contributed by atoms with Crippen molar-refractivity contribution in [3.8, 4) is 0 Å². The minimum absolute atomic E-state index is 0.0183. The van der Waals surface area contributed by atoms with Gasteiger partial charge in [-0.05, 0) is 45.3 Å². The summed E-state index contributed by atoms with van der Waals surface area (Å²) in [4.78, 5) is 28.1. The lowest BCUT2D eigenvalue weighted by molar-refractivity contribution is -0.154. The molecule has 2 aliphatic rings. The van der Waals surface area contributed by atoms with Gasteiger partial charge in [0.15, 0.2) is 0 Å². The van der Waals surface area contributed by atoms with E-state index in [1.165, 1.54) is 24.2 Å². The Balaban J connectivity index is 1.91. The molecule has 0 N–H and O–H groups in total. The van der Waals surface area contributed by atoms with E-state index in [1.807, 2.05) is 14.1 Å². The fourth-order valence-electron chi connectivity index (χ4n) is 3.48. The summed E-state index contributed by atoms with van der Waals surface area (Å²) in [5, 5.41) is 0. The maximum absolute atomic E-state index is 12.2. The van der Waals surface area contributed by atoms with Gasteiger partial charge in [0.2, 0.25) is 11.8 Å². The first-order chi connectivity index (χ1) is 9.02. The molecule has 108 valence electrons. The number of piperidine rings is 1. The van der Waals surface area contributed by atoms with Gasteiger partial charge in [-0.15, -0.1) is 0 Å². The van der Waals surface area contributed by atoms with Crippen LogP contribution in [0.2, 0.25) is 0 Å². The first-order valence-electron chi connectivity index (χ1n) is 7.50. The first-order valence-corrected chi connectivity index (χ1v) is 7.50. The molecule has 2 fully saturated rings. The molecule has 0 aromatic rings. The van der Waals surface area contributed by atoms with Gasteiger partial charge in [0.05, 0.1) is 0 Å². The van der Waals surface area contributed by atoms with E-state index in [4.69, 9.17) is 0 Å². The van der Waals surface area contributed by atoms with E-state index in [9.17, 15) is 9.59 Å². The third-order valence-electron chi connectivity index (χ3n) is 4.56. The molecule has 2 amide bonds. The lowest BCUT2D eigenvalue weighted by Gasteiger charge is -2.42. The van der Waals surface area contributed by atoms with Crippen molar-refractivity contribution in [1.29, 1.82) is 0 Å². The van der Waals surface area contributed by atoms with Crippen molar-refractivity contribution in [3.63, 3.8) is 0 Å². The Labute approximate surface area is 116 Å². The van der Waals surface area contributed by atoms with E-state index in [0.29, 0.717) is 19.4 Å². The molecule has 1 aliphatic heterocycles. The zero-order valence-electron chi connectivity index (χ0n) is 12.3. The SMILES string of the molecule is CN(C)CCCN1C(=O)CC2(CCCCC2)CC1=O. The average molecular weight is 266 g/mol. The number of carbonyl (C=O) groups is 2. The smallest absolute Gasteiger partial charge is 0.229 e. The molecule has 2 rings (SSSR count). The second kappa shape index (κ2) is 6.04. The second-order valence-corrected chi connectivity index (χ2v) is 6.51. The van der Waals surface area contributed by atoms with Crippen molar-refractivity contribution < 1.29 is 9.59 Å². The minimum atomic E-state index is 0.0183. The Kier molecular flexibility index (Phi) is 4.61. The molecule has 1 heterocycles. The molecule has 4 heteroatoms. The van der Waals surface area contributed by atoms with Crippen molar-refractivity contribution in [3.05, 3.63) is 0 Å². The van der Waals surface area contributed by atoms with Crippen LogP contribution in [0.5, 0.6) is 0 Å². The van der Waals surface area contributed by atoms with Crippen LogP contribution in [0.4, 0.5) is 0 Å². The van der Waals surface area contributed by atoms with Crippen LogP contribution in [-0.2, 0) is 9.59 Å². The fourth-order valence-corrected chi connectivity index (χ4v) is 3.48. The molecule has 0 unspecified atom stereocenters. The van der Waals surface area contributed by atoms with E-state index in [1.54, 1.807) is 0 Å². The van der Waals surface area contributed by atoms with Gasteiger partial charge in [0, 0.05) is 19.4 Å². The number of imide groups is 1. The summed E-state index contributed by atoms with van der Waals surface area (Å²) < 4.78 is 0. The molecule has 1 saturated carbocycles. The monoisotopic (exact) mass is 266 g/mol. The Morgan fingerprint density at radius 1 is 1.05 bits per heavy atom. The molecule has 0 aromatic carbocycles. The zero-order valence-corrected chi connectivity index (χ0v) is 12.3. The molecule has 0 atom stereocenters. The lowest BCUT2D eigenvalue weighted by atomic mass is 9.67. The van der Waals surface area contributed by atoms with Crippen molar-refractivity contribution in [2.45, 2.75) is 51.4 Å². The Hall–Kier alpha value is -0.900. The summed E-state index contributed by atoms with van der Waals surface area (Å²) in [7, 11) is 4.02. The number of likely N-dealkylation sites (tertiary alicyclic amines) is 1. The Morgan fingerprint density at radius 2 is 1.63 bits per heavy atom. The lowest BCUT2D eigenvalue weighted by Crippen LogP contribution is -2.49. The number of amides is 2. The normalized spacial score (nSPS) is 23.4. The highest BCUT2D eigenvalue weighted by Crippen LogP contribution is 2.45. The van der Waals surface area contributed by atoms with Gasteiger partial charge >= 0.3 is 0 Å². The first kappa shape index (κ1) is 14.5. The van der Waals surface area contributed by atoms with Crippen molar-refractivity contribution in [1.82, 2.24) is 9.80 Å². The van der Waals surface area contributed by atoms with E-state index in [0.717, 1.165) is 25.8 Å². The quantitative estimate of drug-likeness (QED) is 0.731. The van der Waals surface area contributed by atoms with Gasteiger partial charge in [-0.25, -0.2) is 0 Å². The summed E-state index contributed by atoms with van der Waals surface area (Å²) in [5.41, 5.74) is 0.0183. The van der Waals surface area contributed by atoms with Crippen LogP contribution in [0.15, 0.2) is 0 Å². The van der Waals surface area contributed by atoms with Crippen LogP contribution >= 0.6 is 0 Å². The number of hydrogen-bond donors (Lipinski definition) is 0. The Bertz CT molecular complexity index is 326. The second-order valence-electron chi connectivity index (χ2n) is 6.51. The van der Waals surface area contributed by atoms with E-state index < -0.39 is 0 Å². The largest absolute Gasteiger partial charge is 0.309 e. The van der Waals surface area contributed by atoms with Crippen molar-refractivity contribution >= 4 is 11.8 Å². The standard InChI is InChI=1S/C15H26N2O2/c1-16(2)9-6-10-17-13(18)11-15(12-14(17)19)7-4-3-5-8-15/h3-12H2,1-2H3.